The number of para-hydroxylation sites is 4. The molecule has 9 aromatic rings. The Kier molecular flexibility index (Phi) is 20.8. The summed E-state index contributed by atoms with van der Waals surface area (Å²) < 4.78 is 0. The zero-order chi connectivity index (χ0) is 58.6. The van der Waals surface area contributed by atoms with Gasteiger partial charge in [-0.3, -0.25) is 4.79 Å². The molecule has 0 fully saturated rings. The zero-order valence-electron chi connectivity index (χ0n) is 50.9. The number of ketones is 1. The fourth-order valence-corrected chi connectivity index (χ4v) is 14.2. The fourth-order valence-electron chi connectivity index (χ4n) is 14.2. The van der Waals surface area contributed by atoms with Crippen LogP contribution >= 0.6 is 0 Å². The number of anilines is 6. The molecule has 0 spiro atoms. The first-order chi connectivity index (χ1) is 41.1. The Balaban J connectivity index is 0.000000589. The van der Waals surface area contributed by atoms with Crippen molar-refractivity contribution in [2.75, 3.05) is 9.80 Å². The maximum absolute atomic E-state index is 12.2. The molecule has 85 heavy (non-hydrogen) atoms. The van der Waals surface area contributed by atoms with Crippen LogP contribution in [0.25, 0.3) is 22.4 Å². The standard InChI is InChI=1S/C68H76N2O2.C11H8N.Pt/c1-8-39-67(40-9-2)59-21-13-17-25-63(59)69(64-26-18-14-22-60(64)67)56-45-55(46-57(47-56)70-65-27-19-15-23-61(65)68(41-10-3,42-11-4)62-24-16-20-28-66(62)70)54-36-34-52(35-37-54)48(6)43-51(12-5)53-32-29-50(30-33-53)31-38-58(72)44-49(7)71;1-2-6-10(7-3-1)11-8-4-5-9-12-11;/h13-30,32-37,44-48,51,71H,8-12,31,38-43H2,1-7H3;1-6,8-9H;/q;-1;/b49-44-;;. The van der Waals surface area contributed by atoms with Gasteiger partial charge in [-0.25, -0.2) is 0 Å². The molecule has 438 valence electrons. The van der Waals surface area contributed by atoms with Gasteiger partial charge in [-0.2, -0.15) is 0 Å². The molecule has 11 rings (SSSR count). The largest absolute Gasteiger partial charge is 0.512 e. The summed E-state index contributed by atoms with van der Waals surface area (Å²) in [7, 11) is 0. The minimum atomic E-state index is -0.0626. The van der Waals surface area contributed by atoms with Crippen molar-refractivity contribution in [3.63, 3.8) is 0 Å². The third-order valence-corrected chi connectivity index (χ3v) is 17.8. The van der Waals surface area contributed by atoms with Gasteiger partial charge in [-0.15, -0.1) is 35.9 Å². The Labute approximate surface area is 522 Å². The molecule has 2 atom stereocenters. The van der Waals surface area contributed by atoms with Crippen molar-refractivity contribution in [2.24, 2.45) is 0 Å². The van der Waals surface area contributed by atoms with E-state index in [4.69, 9.17) is 0 Å². The van der Waals surface area contributed by atoms with Crippen molar-refractivity contribution < 1.29 is 31.0 Å². The molecule has 2 aliphatic rings. The quantitative estimate of drug-likeness (QED) is 0.0441. The first kappa shape index (κ1) is 62.0. The van der Waals surface area contributed by atoms with Crippen LogP contribution in [0, 0.1) is 6.07 Å². The summed E-state index contributed by atoms with van der Waals surface area (Å²) >= 11 is 0. The SMILES string of the molecule is CCCC1(CCC)c2ccccc2N(c2cc(-c3ccc(C(C)CC(CC)c4ccc(CCC(=O)/C=C(/C)O)cc4)cc3)cc(N3c4ccccc4C(CCC)(CCC)c4ccccc43)c2)c2ccccc21.[Pt].[c-]1ccccc1-c1ccccn1. The number of hydrogen-bond donors (Lipinski definition) is 1. The van der Waals surface area contributed by atoms with E-state index in [9.17, 15) is 9.90 Å². The predicted octanol–water partition coefficient (Wildman–Crippen LogP) is 21.9. The van der Waals surface area contributed by atoms with Crippen molar-refractivity contribution in [1.29, 1.82) is 0 Å². The predicted molar refractivity (Wildman–Crippen MR) is 353 cm³/mol. The first-order valence-corrected chi connectivity index (χ1v) is 31.2. The van der Waals surface area contributed by atoms with Gasteiger partial charge in [0.05, 0.1) is 28.5 Å². The first-order valence-electron chi connectivity index (χ1n) is 31.2. The fraction of sp³-hybridized carbons (Fsp3) is 0.291. The molecule has 0 bridgehead atoms. The van der Waals surface area contributed by atoms with Crippen LogP contribution in [0.15, 0.2) is 224 Å². The molecule has 2 aliphatic heterocycles. The summed E-state index contributed by atoms with van der Waals surface area (Å²) in [6, 6.07) is 79.5. The maximum atomic E-state index is 12.2. The average Bonchev–Trinajstić information content (AvgIpc) is 1.27. The number of allylic oxidation sites excluding steroid dienone is 2. The molecule has 6 heteroatoms. The van der Waals surface area contributed by atoms with Gasteiger partial charge in [-0.1, -0.05) is 201 Å². The van der Waals surface area contributed by atoms with E-state index in [2.05, 4.69) is 226 Å². The van der Waals surface area contributed by atoms with E-state index in [0.717, 1.165) is 92.4 Å². The molecular formula is C79H84N3O2Pt-. The Bertz CT molecular complexity index is 3380. The van der Waals surface area contributed by atoms with Crippen molar-refractivity contribution in [3.8, 4) is 22.4 Å². The molecule has 1 N–H and O–H groups in total. The van der Waals surface area contributed by atoms with E-state index in [1.807, 2.05) is 42.5 Å². The minimum absolute atomic E-state index is 0. The van der Waals surface area contributed by atoms with Gasteiger partial charge >= 0.3 is 0 Å². The number of nitrogens with zero attached hydrogens (tertiary/aromatic N) is 3. The van der Waals surface area contributed by atoms with Crippen molar-refractivity contribution >= 4 is 39.9 Å². The summed E-state index contributed by atoms with van der Waals surface area (Å²) in [6.45, 7) is 15.6. The van der Waals surface area contributed by atoms with E-state index >= 15 is 0 Å². The third kappa shape index (κ3) is 13.1. The number of aromatic nitrogens is 1. The van der Waals surface area contributed by atoms with Gasteiger partial charge in [0.2, 0.25) is 0 Å². The Morgan fingerprint density at radius 1 is 0.553 bits per heavy atom. The Hall–Kier alpha value is -7.59. The van der Waals surface area contributed by atoms with E-state index in [1.165, 1.54) is 80.3 Å². The van der Waals surface area contributed by atoms with E-state index < -0.39 is 0 Å². The third-order valence-electron chi connectivity index (χ3n) is 17.8. The molecule has 1 aromatic heterocycles. The molecular weight excluding hydrogens is 1220 g/mol. The molecule has 5 nitrogen and oxygen atoms in total. The van der Waals surface area contributed by atoms with Crippen molar-refractivity contribution in [3.05, 3.63) is 269 Å². The molecule has 0 amide bonds. The molecule has 0 aliphatic carbocycles. The normalized spacial score (nSPS) is 14.3. The van der Waals surface area contributed by atoms with Crippen LogP contribution in [0.2, 0.25) is 0 Å². The molecule has 2 unspecified atom stereocenters. The topological polar surface area (TPSA) is 56.7 Å². The second kappa shape index (κ2) is 28.5. The van der Waals surface area contributed by atoms with Crippen LogP contribution in [-0.2, 0) is 43.1 Å². The number of rotatable bonds is 21. The molecule has 0 saturated carbocycles. The van der Waals surface area contributed by atoms with Gasteiger partial charge in [0, 0.05) is 62.0 Å². The van der Waals surface area contributed by atoms with Crippen LogP contribution in [0.4, 0.5) is 34.1 Å². The Morgan fingerprint density at radius 3 is 1.44 bits per heavy atom. The smallest absolute Gasteiger partial charge is 0.159 e. The number of carbonyl (C=O) groups is 1. The maximum Gasteiger partial charge on any atom is 0.159 e. The average molecular weight is 1300 g/mol. The second-order valence-corrected chi connectivity index (χ2v) is 23.5. The Morgan fingerprint density at radius 2 is 1.01 bits per heavy atom. The van der Waals surface area contributed by atoms with E-state index in [0.29, 0.717) is 24.7 Å². The van der Waals surface area contributed by atoms with E-state index in [1.54, 1.807) is 6.20 Å². The van der Waals surface area contributed by atoms with Gasteiger partial charge in [0.15, 0.2) is 5.78 Å². The van der Waals surface area contributed by atoms with Crippen LogP contribution in [0.3, 0.4) is 0 Å². The van der Waals surface area contributed by atoms with Crippen molar-refractivity contribution in [2.45, 2.75) is 148 Å². The van der Waals surface area contributed by atoms with Gasteiger partial charge < -0.3 is 19.9 Å². The van der Waals surface area contributed by atoms with Gasteiger partial charge in [-0.05, 0) is 168 Å². The summed E-state index contributed by atoms with van der Waals surface area (Å²) in [4.78, 5) is 21.6. The number of benzene rings is 8. The van der Waals surface area contributed by atoms with Gasteiger partial charge in [0.25, 0.3) is 0 Å². The monoisotopic (exact) mass is 1300 g/mol. The number of aliphatic hydroxyl groups excluding tert-OH is 1. The minimum Gasteiger partial charge on any atom is -0.512 e. The molecule has 8 aromatic carbocycles. The molecule has 0 saturated heterocycles. The number of hydrogen-bond acceptors (Lipinski definition) is 5. The summed E-state index contributed by atoms with van der Waals surface area (Å²) in [5, 5.41) is 9.50. The van der Waals surface area contributed by atoms with E-state index in [-0.39, 0.29) is 43.4 Å². The van der Waals surface area contributed by atoms with Crippen molar-refractivity contribution in [1.82, 2.24) is 4.98 Å². The van der Waals surface area contributed by atoms with Crippen LogP contribution in [-0.4, -0.2) is 15.9 Å². The second-order valence-electron chi connectivity index (χ2n) is 23.5. The number of pyridine rings is 1. The summed E-state index contributed by atoms with van der Waals surface area (Å²) in [6.07, 6.45) is 15.2. The summed E-state index contributed by atoms with van der Waals surface area (Å²) in [5.74, 6) is 0.794. The van der Waals surface area contributed by atoms with Gasteiger partial charge in [0.1, 0.15) is 0 Å². The van der Waals surface area contributed by atoms with Crippen LogP contribution < -0.4 is 9.80 Å². The van der Waals surface area contributed by atoms with Crippen LogP contribution in [0.1, 0.15) is 170 Å². The molecule has 3 heterocycles. The summed E-state index contributed by atoms with van der Waals surface area (Å²) in [5.41, 5.74) is 21.2. The number of aryl methyl sites for hydroxylation is 1. The number of aliphatic hydroxyl groups is 1. The van der Waals surface area contributed by atoms with Crippen LogP contribution in [0.5, 0.6) is 0 Å². The molecule has 0 radical (unpaired) electrons. The number of carbonyl (C=O) groups excluding carboxylic acids is 1. The number of fused-ring (bicyclic) bond motifs is 4. The zero-order valence-corrected chi connectivity index (χ0v) is 53.2.